The van der Waals surface area contributed by atoms with E-state index in [1.807, 2.05) is 0 Å². The van der Waals surface area contributed by atoms with E-state index in [9.17, 15) is 0 Å². The lowest BCUT2D eigenvalue weighted by molar-refractivity contribution is 0.263. The Hall–Kier alpha value is -0.0800. The second-order valence-electron chi connectivity index (χ2n) is 3.40. The summed E-state index contributed by atoms with van der Waals surface area (Å²) in [4.78, 5) is 2.34. The molecule has 1 saturated carbocycles. The molecule has 60 valence electrons. The first-order valence-corrected chi connectivity index (χ1v) is 4.09. The van der Waals surface area contributed by atoms with E-state index in [0.29, 0.717) is 5.54 Å². The molecular formula is C8H18N2. The predicted molar refractivity (Wildman–Crippen MR) is 44.2 cm³/mol. The minimum absolute atomic E-state index is 0.524. The fourth-order valence-electron chi connectivity index (χ4n) is 1.28. The standard InChI is InChI=1S/C8H18N2/c1-4-9-7-8(5-6-8)10(2)3/h9H,4-7H2,1-3H3. The van der Waals surface area contributed by atoms with Crippen LogP contribution in [-0.2, 0) is 0 Å². The number of nitrogens with one attached hydrogen (secondary N) is 1. The van der Waals surface area contributed by atoms with Crippen molar-refractivity contribution < 1.29 is 0 Å². The van der Waals surface area contributed by atoms with Crippen molar-refractivity contribution in [1.29, 1.82) is 0 Å². The molecule has 0 unspecified atom stereocenters. The highest BCUT2D eigenvalue weighted by atomic mass is 15.2. The Morgan fingerprint density at radius 1 is 1.40 bits per heavy atom. The normalized spacial score (nSPS) is 21.6. The zero-order chi connectivity index (χ0) is 7.61. The molecule has 0 radical (unpaired) electrons. The monoisotopic (exact) mass is 142 g/mol. The first kappa shape index (κ1) is 8.02. The average molecular weight is 142 g/mol. The Bertz CT molecular complexity index is 106. The van der Waals surface area contributed by atoms with Gasteiger partial charge in [-0.1, -0.05) is 6.92 Å². The number of hydrogen-bond acceptors (Lipinski definition) is 2. The Kier molecular flexibility index (Phi) is 2.32. The smallest absolute Gasteiger partial charge is 0.0329 e. The molecule has 0 spiro atoms. The van der Waals surface area contributed by atoms with E-state index in [4.69, 9.17) is 0 Å². The maximum absolute atomic E-state index is 3.39. The maximum Gasteiger partial charge on any atom is 0.0329 e. The third-order valence-corrected chi connectivity index (χ3v) is 2.48. The Morgan fingerprint density at radius 2 is 2.00 bits per heavy atom. The lowest BCUT2D eigenvalue weighted by Gasteiger charge is -2.23. The van der Waals surface area contributed by atoms with Gasteiger partial charge in [-0.3, -0.25) is 0 Å². The van der Waals surface area contributed by atoms with Crippen LogP contribution in [0.5, 0.6) is 0 Å². The molecule has 1 aliphatic carbocycles. The summed E-state index contributed by atoms with van der Waals surface area (Å²) in [5.41, 5.74) is 0.524. The fourth-order valence-corrected chi connectivity index (χ4v) is 1.28. The fraction of sp³-hybridized carbons (Fsp3) is 1.00. The molecule has 1 aliphatic rings. The molecule has 1 rings (SSSR count). The SMILES string of the molecule is CCNCC1(N(C)C)CC1. The van der Waals surface area contributed by atoms with Gasteiger partial charge in [-0.05, 0) is 33.5 Å². The van der Waals surface area contributed by atoms with Gasteiger partial charge in [-0.15, -0.1) is 0 Å². The average Bonchev–Trinajstić information content (AvgIpc) is 2.64. The largest absolute Gasteiger partial charge is 0.315 e. The zero-order valence-corrected chi connectivity index (χ0v) is 7.28. The van der Waals surface area contributed by atoms with Crippen molar-refractivity contribution in [2.75, 3.05) is 27.2 Å². The van der Waals surface area contributed by atoms with Crippen molar-refractivity contribution in [3.63, 3.8) is 0 Å². The van der Waals surface area contributed by atoms with Crippen LogP contribution in [0.25, 0.3) is 0 Å². The molecule has 0 atom stereocenters. The van der Waals surface area contributed by atoms with Crippen molar-refractivity contribution in [3.05, 3.63) is 0 Å². The zero-order valence-electron chi connectivity index (χ0n) is 7.28. The Balaban J connectivity index is 2.24. The van der Waals surface area contributed by atoms with Crippen LogP contribution in [0.2, 0.25) is 0 Å². The Labute approximate surface area is 63.6 Å². The second-order valence-corrected chi connectivity index (χ2v) is 3.40. The minimum atomic E-state index is 0.524. The molecule has 0 bridgehead atoms. The van der Waals surface area contributed by atoms with Crippen LogP contribution in [0, 0.1) is 0 Å². The molecule has 0 amide bonds. The number of likely N-dealkylation sites (N-methyl/N-ethyl adjacent to an activating group) is 2. The number of nitrogens with zero attached hydrogens (tertiary/aromatic N) is 1. The van der Waals surface area contributed by atoms with E-state index < -0.39 is 0 Å². The van der Waals surface area contributed by atoms with Crippen molar-refractivity contribution in [1.82, 2.24) is 10.2 Å². The van der Waals surface area contributed by atoms with Crippen LogP contribution < -0.4 is 5.32 Å². The molecule has 0 heterocycles. The van der Waals surface area contributed by atoms with Gasteiger partial charge in [0.25, 0.3) is 0 Å². The van der Waals surface area contributed by atoms with Crippen LogP contribution in [0.1, 0.15) is 19.8 Å². The van der Waals surface area contributed by atoms with Crippen molar-refractivity contribution in [2.24, 2.45) is 0 Å². The summed E-state index contributed by atoms with van der Waals surface area (Å²) in [6.45, 7) is 4.41. The molecule has 0 saturated heterocycles. The van der Waals surface area contributed by atoms with Crippen LogP contribution in [-0.4, -0.2) is 37.6 Å². The molecule has 1 fully saturated rings. The molecule has 0 aromatic carbocycles. The highest BCUT2D eigenvalue weighted by Crippen LogP contribution is 2.39. The molecule has 0 aliphatic heterocycles. The predicted octanol–water partition coefficient (Wildman–Crippen LogP) is 0.690. The third kappa shape index (κ3) is 1.50. The molecule has 2 nitrogen and oxygen atoms in total. The molecule has 2 heteroatoms. The van der Waals surface area contributed by atoms with Gasteiger partial charge in [-0.25, -0.2) is 0 Å². The maximum atomic E-state index is 3.39. The van der Waals surface area contributed by atoms with E-state index in [1.54, 1.807) is 0 Å². The number of rotatable bonds is 4. The summed E-state index contributed by atoms with van der Waals surface area (Å²) < 4.78 is 0. The highest BCUT2D eigenvalue weighted by Gasteiger charge is 2.43. The van der Waals surface area contributed by atoms with Gasteiger partial charge in [0.15, 0.2) is 0 Å². The summed E-state index contributed by atoms with van der Waals surface area (Å²) in [7, 11) is 4.34. The van der Waals surface area contributed by atoms with E-state index in [-0.39, 0.29) is 0 Å². The molecule has 1 N–H and O–H groups in total. The van der Waals surface area contributed by atoms with Gasteiger partial charge in [0.1, 0.15) is 0 Å². The van der Waals surface area contributed by atoms with E-state index in [1.165, 1.54) is 12.8 Å². The lowest BCUT2D eigenvalue weighted by Crippen LogP contribution is -2.39. The van der Waals surface area contributed by atoms with Crippen LogP contribution >= 0.6 is 0 Å². The van der Waals surface area contributed by atoms with Crippen molar-refractivity contribution in [3.8, 4) is 0 Å². The summed E-state index contributed by atoms with van der Waals surface area (Å²) in [5.74, 6) is 0. The molecule has 0 aromatic heterocycles. The topological polar surface area (TPSA) is 15.3 Å². The van der Waals surface area contributed by atoms with Crippen LogP contribution in [0.4, 0.5) is 0 Å². The van der Waals surface area contributed by atoms with Gasteiger partial charge in [-0.2, -0.15) is 0 Å². The van der Waals surface area contributed by atoms with Gasteiger partial charge in [0.05, 0.1) is 0 Å². The van der Waals surface area contributed by atoms with Crippen LogP contribution in [0.15, 0.2) is 0 Å². The molecule has 0 aromatic rings. The van der Waals surface area contributed by atoms with E-state index in [2.05, 4.69) is 31.2 Å². The molecule has 10 heavy (non-hydrogen) atoms. The summed E-state index contributed by atoms with van der Waals surface area (Å²) in [6.07, 6.45) is 2.74. The van der Waals surface area contributed by atoms with Gasteiger partial charge in [0.2, 0.25) is 0 Å². The second kappa shape index (κ2) is 2.89. The summed E-state index contributed by atoms with van der Waals surface area (Å²) >= 11 is 0. The van der Waals surface area contributed by atoms with E-state index in [0.717, 1.165) is 13.1 Å². The first-order chi connectivity index (χ1) is 4.71. The summed E-state index contributed by atoms with van der Waals surface area (Å²) in [6, 6.07) is 0. The van der Waals surface area contributed by atoms with Crippen molar-refractivity contribution >= 4 is 0 Å². The van der Waals surface area contributed by atoms with Crippen molar-refractivity contribution in [2.45, 2.75) is 25.3 Å². The highest BCUT2D eigenvalue weighted by molar-refractivity contribution is 5.03. The first-order valence-electron chi connectivity index (χ1n) is 4.09. The van der Waals surface area contributed by atoms with Gasteiger partial charge in [0, 0.05) is 12.1 Å². The van der Waals surface area contributed by atoms with Crippen LogP contribution in [0.3, 0.4) is 0 Å². The third-order valence-electron chi connectivity index (χ3n) is 2.48. The van der Waals surface area contributed by atoms with E-state index >= 15 is 0 Å². The van der Waals surface area contributed by atoms with Gasteiger partial charge < -0.3 is 10.2 Å². The number of hydrogen-bond donors (Lipinski definition) is 1. The summed E-state index contributed by atoms with van der Waals surface area (Å²) in [5, 5.41) is 3.39. The lowest BCUT2D eigenvalue weighted by atomic mass is 10.2. The molecular weight excluding hydrogens is 124 g/mol. The quantitative estimate of drug-likeness (QED) is 0.621. The Morgan fingerprint density at radius 3 is 2.30 bits per heavy atom. The van der Waals surface area contributed by atoms with Gasteiger partial charge >= 0.3 is 0 Å². The minimum Gasteiger partial charge on any atom is -0.315 e.